The summed E-state index contributed by atoms with van der Waals surface area (Å²) in [5.74, 6) is 0.0882. The van der Waals surface area contributed by atoms with Gasteiger partial charge in [-0.15, -0.1) is 0 Å². The van der Waals surface area contributed by atoms with Gasteiger partial charge in [-0.05, 0) is 36.7 Å². The van der Waals surface area contributed by atoms with E-state index in [4.69, 9.17) is 15.4 Å². The molecule has 0 spiro atoms. The molecule has 0 bridgehead atoms. The average Bonchev–Trinajstić information content (AvgIpc) is 2.96. The summed E-state index contributed by atoms with van der Waals surface area (Å²) in [4.78, 5) is 16.6. The molecule has 0 aliphatic carbocycles. The lowest BCUT2D eigenvalue weighted by Crippen LogP contribution is -2.43. The van der Waals surface area contributed by atoms with Crippen molar-refractivity contribution in [2.24, 2.45) is 0 Å². The Kier molecular flexibility index (Phi) is 6.16. The maximum absolute atomic E-state index is 12.6. The van der Waals surface area contributed by atoms with Crippen molar-refractivity contribution >= 4 is 25.6 Å². The molecular weight excluding hydrogens is 409 g/mol. The number of hydrogen-bond acceptors (Lipinski definition) is 6. The van der Waals surface area contributed by atoms with E-state index >= 15 is 0 Å². The lowest BCUT2D eigenvalue weighted by molar-refractivity contribution is -0.118. The number of nitrogens with zero attached hydrogens (tertiary/aromatic N) is 2. The Morgan fingerprint density at radius 2 is 2.14 bits per heavy atom. The van der Waals surface area contributed by atoms with Crippen LogP contribution >= 0.6 is 10.7 Å². The van der Waals surface area contributed by atoms with Crippen molar-refractivity contribution in [3.05, 3.63) is 35.0 Å². The molecule has 10 heteroatoms. The minimum atomic E-state index is -3.97. The standard InChI is InChI=1S/C18H23ClFN3O4S/c1-3-7-23-10-14-16(21-18(24)17(14)22(2)11-23)13-9-12(28(19,25)26)4-5-15(13)27-8-6-20/h4-5,9,16H,3,6-8,10-11H2,1-2H3,(H,21,24). The number of alkyl halides is 1. The third-order valence-corrected chi connectivity index (χ3v) is 6.13. The number of halogens is 2. The first-order valence-electron chi connectivity index (χ1n) is 9.01. The molecule has 3 rings (SSSR count). The van der Waals surface area contributed by atoms with Gasteiger partial charge in [0.1, 0.15) is 24.7 Å². The summed E-state index contributed by atoms with van der Waals surface area (Å²) >= 11 is 0. The molecule has 0 fully saturated rings. The molecule has 7 nitrogen and oxygen atoms in total. The fourth-order valence-corrected chi connectivity index (χ4v) is 4.52. The number of rotatable bonds is 7. The minimum absolute atomic E-state index is 0.102. The van der Waals surface area contributed by atoms with E-state index in [0.717, 1.165) is 18.5 Å². The van der Waals surface area contributed by atoms with Gasteiger partial charge in [-0.3, -0.25) is 9.69 Å². The fraction of sp³-hybridized carbons (Fsp3) is 0.500. The molecule has 2 aliphatic heterocycles. The molecule has 0 radical (unpaired) electrons. The van der Waals surface area contributed by atoms with Crippen LogP contribution in [0, 0.1) is 0 Å². The monoisotopic (exact) mass is 431 g/mol. The van der Waals surface area contributed by atoms with Crippen molar-refractivity contribution in [1.29, 1.82) is 0 Å². The highest BCUT2D eigenvalue weighted by molar-refractivity contribution is 8.13. The van der Waals surface area contributed by atoms with Crippen molar-refractivity contribution in [2.45, 2.75) is 24.3 Å². The average molecular weight is 432 g/mol. The predicted molar refractivity (Wildman–Crippen MR) is 103 cm³/mol. The SMILES string of the molecule is CCCN1CC2=C(C(=O)NC2c2cc(S(=O)(=O)Cl)ccc2OCCF)N(C)C1. The molecule has 1 aromatic carbocycles. The zero-order chi connectivity index (χ0) is 20.5. The van der Waals surface area contributed by atoms with Gasteiger partial charge < -0.3 is 15.0 Å². The summed E-state index contributed by atoms with van der Waals surface area (Å²) in [6.45, 7) is 3.29. The summed E-state index contributed by atoms with van der Waals surface area (Å²) in [7, 11) is 3.38. The van der Waals surface area contributed by atoms with Crippen LogP contribution in [0.15, 0.2) is 34.4 Å². The summed E-state index contributed by atoms with van der Waals surface area (Å²) < 4.78 is 41.7. The summed E-state index contributed by atoms with van der Waals surface area (Å²) in [6, 6.07) is 3.57. The van der Waals surface area contributed by atoms with Crippen molar-refractivity contribution in [1.82, 2.24) is 15.1 Å². The van der Waals surface area contributed by atoms with E-state index in [-0.39, 0.29) is 17.4 Å². The summed E-state index contributed by atoms with van der Waals surface area (Å²) in [6.07, 6.45) is 0.966. The predicted octanol–water partition coefficient (Wildman–Crippen LogP) is 2.00. The first-order chi connectivity index (χ1) is 13.3. The Labute approximate surface area is 168 Å². The number of ether oxygens (including phenoxy) is 1. The highest BCUT2D eigenvalue weighted by Crippen LogP contribution is 2.39. The number of hydrogen-bond donors (Lipinski definition) is 1. The molecule has 28 heavy (non-hydrogen) atoms. The van der Waals surface area contributed by atoms with E-state index in [2.05, 4.69) is 17.1 Å². The fourth-order valence-electron chi connectivity index (χ4n) is 3.73. The van der Waals surface area contributed by atoms with Gasteiger partial charge in [0.15, 0.2) is 0 Å². The van der Waals surface area contributed by atoms with E-state index in [9.17, 15) is 17.6 Å². The molecule has 1 aromatic rings. The highest BCUT2D eigenvalue weighted by Gasteiger charge is 2.40. The van der Waals surface area contributed by atoms with Gasteiger partial charge in [-0.2, -0.15) is 0 Å². The number of carbonyl (C=O) groups is 1. The van der Waals surface area contributed by atoms with Crippen LogP contribution < -0.4 is 10.1 Å². The van der Waals surface area contributed by atoms with Crippen molar-refractivity contribution in [2.75, 3.05) is 40.1 Å². The summed E-state index contributed by atoms with van der Waals surface area (Å²) in [5, 5.41) is 2.91. The quantitative estimate of drug-likeness (QED) is 0.665. The molecule has 1 amide bonds. The molecule has 0 aromatic heterocycles. The molecule has 1 unspecified atom stereocenters. The van der Waals surface area contributed by atoms with Crippen molar-refractivity contribution < 1.29 is 22.3 Å². The molecular formula is C18H23ClFN3O4S. The molecule has 0 saturated carbocycles. The van der Waals surface area contributed by atoms with E-state index in [1.165, 1.54) is 18.2 Å². The van der Waals surface area contributed by atoms with Crippen LogP contribution in [0.25, 0.3) is 0 Å². The van der Waals surface area contributed by atoms with E-state index in [1.807, 2.05) is 11.9 Å². The maximum Gasteiger partial charge on any atom is 0.268 e. The van der Waals surface area contributed by atoms with Gasteiger partial charge in [-0.25, -0.2) is 12.8 Å². The normalized spacial score (nSPS) is 20.4. The van der Waals surface area contributed by atoms with Crippen molar-refractivity contribution in [3.63, 3.8) is 0 Å². The van der Waals surface area contributed by atoms with Gasteiger partial charge in [0.05, 0.1) is 17.6 Å². The summed E-state index contributed by atoms with van der Waals surface area (Å²) in [5.41, 5.74) is 1.86. The van der Waals surface area contributed by atoms with E-state index in [0.29, 0.717) is 30.2 Å². The van der Waals surface area contributed by atoms with Crippen LogP contribution in [0.1, 0.15) is 24.9 Å². The van der Waals surface area contributed by atoms with Gasteiger partial charge in [0.2, 0.25) is 0 Å². The van der Waals surface area contributed by atoms with Gasteiger partial charge in [0, 0.05) is 29.8 Å². The lowest BCUT2D eigenvalue weighted by Gasteiger charge is -2.35. The topological polar surface area (TPSA) is 79.0 Å². The third-order valence-electron chi connectivity index (χ3n) is 4.78. The molecule has 1 atom stereocenters. The Morgan fingerprint density at radius 1 is 1.39 bits per heavy atom. The van der Waals surface area contributed by atoms with Crippen molar-refractivity contribution in [3.8, 4) is 5.75 Å². The zero-order valence-electron chi connectivity index (χ0n) is 15.7. The molecule has 2 heterocycles. The van der Waals surface area contributed by atoms with E-state index < -0.39 is 21.8 Å². The Balaban J connectivity index is 2.07. The third kappa shape index (κ3) is 4.11. The number of amides is 1. The first kappa shape index (κ1) is 20.9. The second-order valence-corrected chi connectivity index (χ2v) is 9.41. The minimum Gasteiger partial charge on any atom is -0.490 e. The lowest BCUT2D eigenvalue weighted by atomic mass is 9.97. The maximum atomic E-state index is 12.6. The highest BCUT2D eigenvalue weighted by atomic mass is 35.7. The van der Waals surface area contributed by atoms with Crippen LogP contribution in [0.2, 0.25) is 0 Å². The zero-order valence-corrected chi connectivity index (χ0v) is 17.3. The van der Waals surface area contributed by atoms with Crippen LogP contribution in [0.5, 0.6) is 5.75 Å². The smallest absolute Gasteiger partial charge is 0.268 e. The van der Waals surface area contributed by atoms with E-state index in [1.54, 1.807) is 0 Å². The first-order valence-corrected chi connectivity index (χ1v) is 11.3. The number of likely N-dealkylation sites (N-methyl/N-ethyl adjacent to an activating group) is 1. The number of carbonyl (C=O) groups excluding carboxylic acids is 1. The molecule has 0 saturated heterocycles. The second kappa shape index (κ2) is 8.26. The molecule has 1 N–H and O–H groups in total. The van der Waals surface area contributed by atoms with Crippen LogP contribution in [0.3, 0.4) is 0 Å². The van der Waals surface area contributed by atoms with Crippen LogP contribution in [-0.4, -0.2) is 64.2 Å². The largest absolute Gasteiger partial charge is 0.490 e. The number of nitrogens with one attached hydrogen (secondary N) is 1. The van der Waals surface area contributed by atoms with Gasteiger partial charge >= 0.3 is 0 Å². The van der Waals surface area contributed by atoms with Crippen LogP contribution in [-0.2, 0) is 13.8 Å². The van der Waals surface area contributed by atoms with Gasteiger partial charge in [-0.1, -0.05) is 6.92 Å². The Bertz CT molecular complexity index is 906. The van der Waals surface area contributed by atoms with Gasteiger partial charge in [0.25, 0.3) is 15.0 Å². The Hall–Kier alpha value is -1.84. The van der Waals surface area contributed by atoms with Crippen LogP contribution in [0.4, 0.5) is 4.39 Å². The molecule has 2 aliphatic rings. The molecule has 154 valence electrons. The Morgan fingerprint density at radius 3 is 2.79 bits per heavy atom. The second-order valence-electron chi connectivity index (χ2n) is 6.85. The number of benzene rings is 1.